The lowest BCUT2D eigenvalue weighted by Crippen LogP contribution is -2.30. The van der Waals surface area contributed by atoms with Crippen LogP contribution in [0.3, 0.4) is 0 Å². The Morgan fingerprint density at radius 1 is 1.16 bits per heavy atom. The number of carboxylic acid groups (broad SMARTS) is 1. The zero-order valence-electron chi connectivity index (χ0n) is 17.7. The summed E-state index contributed by atoms with van der Waals surface area (Å²) in [6.45, 7) is 0.790. The highest BCUT2D eigenvalue weighted by atomic mass is 16.5. The minimum atomic E-state index is -0.941. The quantitative estimate of drug-likeness (QED) is 0.643. The predicted octanol–water partition coefficient (Wildman–Crippen LogP) is 3.48. The molecule has 2 aliphatic rings. The van der Waals surface area contributed by atoms with Gasteiger partial charge in [-0.2, -0.15) is 5.10 Å². The molecule has 2 aliphatic carbocycles. The van der Waals surface area contributed by atoms with Crippen molar-refractivity contribution in [3.63, 3.8) is 0 Å². The van der Waals surface area contributed by atoms with Gasteiger partial charge in [-0.15, -0.1) is 0 Å². The molecule has 32 heavy (non-hydrogen) atoms. The maximum atomic E-state index is 12.9. The average Bonchev–Trinajstić information content (AvgIpc) is 2.82. The number of hydrogen-bond donors (Lipinski definition) is 1. The third-order valence-corrected chi connectivity index (χ3v) is 5.90. The molecule has 2 aromatic rings. The van der Waals surface area contributed by atoms with Crippen LogP contribution < -0.4 is 5.56 Å². The summed E-state index contributed by atoms with van der Waals surface area (Å²) in [5.74, 6) is -0.216. The van der Waals surface area contributed by atoms with E-state index in [-0.39, 0.29) is 12.2 Å². The molecule has 2 aromatic heterocycles. The van der Waals surface area contributed by atoms with Crippen LogP contribution in [0, 0.1) is 11.8 Å². The molecule has 7 nitrogen and oxygen atoms in total. The maximum Gasteiger partial charge on any atom is 0.329 e. The Morgan fingerprint density at radius 2 is 1.91 bits per heavy atom. The van der Waals surface area contributed by atoms with Crippen LogP contribution in [0.15, 0.2) is 65.1 Å². The van der Waals surface area contributed by atoms with Crippen molar-refractivity contribution in [2.24, 2.45) is 11.8 Å². The van der Waals surface area contributed by atoms with Gasteiger partial charge in [-0.1, -0.05) is 11.5 Å². The normalized spacial score (nSPS) is 19.7. The van der Waals surface area contributed by atoms with Crippen LogP contribution in [0.25, 0.3) is 16.8 Å². The molecule has 164 valence electrons. The number of allylic oxidation sites excluding steroid dienone is 4. The Hall–Kier alpha value is -3.50. The number of rotatable bonds is 8. The Kier molecular flexibility index (Phi) is 6.93. The highest BCUT2D eigenvalue weighted by Gasteiger charge is 2.23. The van der Waals surface area contributed by atoms with E-state index in [1.165, 1.54) is 0 Å². The lowest BCUT2D eigenvalue weighted by atomic mass is 9.82. The van der Waals surface area contributed by atoms with Crippen LogP contribution >= 0.6 is 0 Å². The van der Waals surface area contributed by atoms with Crippen molar-refractivity contribution in [2.75, 3.05) is 13.2 Å². The van der Waals surface area contributed by atoms with Crippen LogP contribution in [0.4, 0.5) is 0 Å². The lowest BCUT2D eigenvalue weighted by Gasteiger charge is -2.28. The van der Waals surface area contributed by atoms with E-state index in [1.807, 2.05) is 18.2 Å². The fourth-order valence-electron chi connectivity index (χ4n) is 4.22. The molecule has 1 saturated carbocycles. The van der Waals surface area contributed by atoms with Crippen molar-refractivity contribution >= 4 is 11.5 Å². The van der Waals surface area contributed by atoms with E-state index >= 15 is 0 Å². The summed E-state index contributed by atoms with van der Waals surface area (Å²) in [6.07, 6.45) is 12.8. The molecule has 0 radical (unpaired) electrons. The highest BCUT2D eigenvalue weighted by Crippen LogP contribution is 2.31. The van der Waals surface area contributed by atoms with Crippen molar-refractivity contribution in [3.05, 3.63) is 76.2 Å². The molecule has 0 amide bonds. The molecule has 4 rings (SSSR count). The van der Waals surface area contributed by atoms with Gasteiger partial charge >= 0.3 is 5.97 Å². The van der Waals surface area contributed by atoms with Gasteiger partial charge in [0.15, 0.2) is 0 Å². The van der Waals surface area contributed by atoms with Crippen LogP contribution in [-0.2, 0) is 16.1 Å². The first-order valence-electron chi connectivity index (χ1n) is 10.8. The standard InChI is InChI=1S/C25H25N3O4/c29-23-14-22(20-4-2-1-3-5-20)25(21-10-12-26-13-11-21)27-28(23)15-18-6-8-19(9-7-18)16-32-17-24(30)31/h2,4-5,10-14,18-19H,6-9,15-17H2,(H,30,31)/t18-,19+. The fraction of sp³-hybridized carbons (Fsp3) is 0.360. The SMILES string of the molecule is O=C(O)COC[C@H]1CC[C@@H](Cn2nc(-c3ccncc3)c(C3=CC=C=C=C3)cc2=O)CC1. The van der Waals surface area contributed by atoms with E-state index in [1.54, 1.807) is 35.3 Å². The zero-order chi connectivity index (χ0) is 22.3. The van der Waals surface area contributed by atoms with E-state index < -0.39 is 5.97 Å². The van der Waals surface area contributed by atoms with Gasteiger partial charge in [-0.05, 0) is 73.5 Å². The summed E-state index contributed by atoms with van der Waals surface area (Å²) < 4.78 is 6.82. The Balaban J connectivity index is 1.51. The first-order chi connectivity index (χ1) is 15.6. The van der Waals surface area contributed by atoms with Crippen molar-refractivity contribution in [1.29, 1.82) is 0 Å². The van der Waals surface area contributed by atoms with Crippen molar-refractivity contribution < 1.29 is 14.6 Å². The van der Waals surface area contributed by atoms with E-state index in [4.69, 9.17) is 14.9 Å². The van der Waals surface area contributed by atoms with E-state index in [0.29, 0.717) is 25.0 Å². The largest absolute Gasteiger partial charge is 0.480 e. The van der Waals surface area contributed by atoms with Crippen LogP contribution in [0.2, 0.25) is 0 Å². The summed E-state index contributed by atoms with van der Waals surface area (Å²) in [7, 11) is 0. The molecule has 7 heteroatoms. The van der Waals surface area contributed by atoms with Gasteiger partial charge in [0.05, 0.1) is 12.3 Å². The molecule has 0 spiro atoms. The molecule has 0 aliphatic heterocycles. The topological polar surface area (TPSA) is 94.3 Å². The molecule has 0 bridgehead atoms. The average molecular weight is 431 g/mol. The van der Waals surface area contributed by atoms with Crippen molar-refractivity contribution in [3.8, 4) is 11.3 Å². The third-order valence-electron chi connectivity index (χ3n) is 5.90. The Bertz CT molecular complexity index is 1160. The van der Waals surface area contributed by atoms with Gasteiger partial charge < -0.3 is 9.84 Å². The van der Waals surface area contributed by atoms with Crippen LogP contribution in [0.1, 0.15) is 31.2 Å². The number of aliphatic carboxylic acids is 1. The number of hydrogen-bond acceptors (Lipinski definition) is 5. The molecule has 0 atom stereocenters. The van der Waals surface area contributed by atoms with E-state index in [2.05, 4.69) is 16.4 Å². The second kappa shape index (κ2) is 10.2. The summed E-state index contributed by atoms with van der Waals surface area (Å²) >= 11 is 0. The van der Waals surface area contributed by atoms with E-state index in [9.17, 15) is 9.59 Å². The summed E-state index contributed by atoms with van der Waals surface area (Å²) in [5, 5.41) is 13.5. The molecule has 1 fully saturated rings. The van der Waals surface area contributed by atoms with Gasteiger partial charge in [-0.3, -0.25) is 9.78 Å². The van der Waals surface area contributed by atoms with Gasteiger partial charge in [0, 0.05) is 36.1 Å². The highest BCUT2D eigenvalue weighted by molar-refractivity contribution is 5.84. The third kappa shape index (κ3) is 5.40. The first-order valence-corrected chi connectivity index (χ1v) is 10.8. The zero-order valence-corrected chi connectivity index (χ0v) is 17.7. The lowest BCUT2D eigenvalue weighted by molar-refractivity contribution is -0.142. The van der Waals surface area contributed by atoms with Gasteiger partial charge in [0.1, 0.15) is 6.61 Å². The number of pyridine rings is 1. The summed E-state index contributed by atoms with van der Waals surface area (Å²) in [6, 6.07) is 5.43. The molecular weight excluding hydrogens is 406 g/mol. The Labute approximate surface area is 186 Å². The second-order valence-electron chi connectivity index (χ2n) is 8.18. The van der Waals surface area contributed by atoms with Gasteiger partial charge in [0.25, 0.3) is 5.56 Å². The number of ether oxygens (including phenoxy) is 1. The minimum absolute atomic E-state index is 0.127. The van der Waals surface area contributed by atoms with Crippen molar-refractivity contribution in [1.82, 2.24) is 14.8 Å². The molecule has 0 unspecified atom stereocenters. The van der Waals surface area contributed by atoms with E-state index in [0.717, 1.165) is 48.1 Å². The van der Waals surface area contributed by atoms with Gasteiger partial charge in [0.2, 0.25) is 0 Å². The van der Waals surface area contributed by atoms with Crippen LogP contribution in [-0.4, -0.2) is 39.1 Å². The fourth-order valence-corrected chi connectivity index (χ4v) is 4.22. The first kappa shape index (κ1) is 21.7. The molecule has 1 N–H and O–H groups in total. The summed E-state index contributed by atoms with van der Waals surface area (Å²) in [4.78, 5) is 27.6. The maximum absolute atomic E-state index is 12.9. The second-order valence-corrected chi connectivity index (χ2v) is 8.18. The number of carbonyl (C=O) groups is 1. The predicted molar refractivity (Wildman–Crippen MR) is 120 cm³/mol. The van der Waals surface area contributed by atoms with Gasteiger partial charge in [-0.25, -0.2) is 9.48 Å². The number of carboxylic acids is 1. The molecule has 0 saturated heterocycles. The number of nitrogens with zero attached hydrogens (tertiary/aromatic N) is 3. The number of aromatic nitrogens is 3. The van der Waals surface area contributed by atoms with Crippen molar-refractivity contribution in [2.45, 2.75) is 32.2 Å². The van der Waals surface area contributed by atoms with Crippen LogP contribution in [0.5, 0.6) is 0 Å². The smallest absolute Gasteiger partial charge is 0.329 e. The summed E-state index contributed by atoms with van der Waals surface area (Å²) in [5.41, 5.74) is 8.98. The molecule has 0 aromatic carbocycles. The Morgan fingerprint density at radius 3 is 2.59 bits per heavy atom. The monoisotopic (exact) mass is 431 g/mol. The molecule has 2 heterocycles. The molecular formula is C25H25N3O4. The minimum Gasteiger partial charge on any atom is -0.480 e.